The Kier molecular flexibility index (Phi) is 10.2. The summed E-state index contributed by atoms with van der Waals surface area (Å²) in [6.07, 6.45) is -2.31. The lowest BCUT2D eigenvalue weighted by Gasteiger charge is -2.10. The number of pyridine rings is 1. The Bertz CT molecular complexity index is 889. The summed E-state index contributed by atoms with van der Waals surface area (Å²) in [5.41, 5.74) is 0.867. The molecule has 0 aliphatic carbocycles. The van der Waals surface area contributed by atoms with E-state index in [0.717, 1.165) is 28.5 Å². The molecule has 0 aliphatic rings. The van der Waals surface area contributed by atoms with E-state index in [4.69, 9.17) is 0 Å². The number of thioether (sulfide) groups is 1. The maximum atomic E-state index is 12.9. The maximum Gasteiger partial charge on any atom is 0.417 e. The molecule has 2 heterocycles. The molecule has 160 valence electrons. The molecule has 0 spiro atoms. The van der Waals surface area contributed by atoms with Crippen LogP contribution in [0.4, 0.5) is 13.2 Å². The Labute approximate surface area is 175 Å². The fourth-order valence-corrected chi connectivity index (χ4v) is 3.40. The molecular weight excluding hydrogens is 395 g/mol. The SMILES string of the molecule is CC.CCC.CCSc1ccccc1-c1nc2cc(C(F)(F)F)cnc2n1CC. The van der Waals surface area contributed by atoms with Crippen LogP contribution in [0.25, 0.3) is 22.6 Å². The first-order valence-corrected chi connectivity index (χ1v) is 11.0. The number of fused-ring (bicyclic) bond motifs is 1. The Hall–Kier alpha value is -2.02. The molecule has 29 heavy (non-hydrogen) atoms. The maximum absolute atomic E-state index is 12.9. The van der Waals surface area contributed by atoms with Gasteiger partial charge in [0.15, 0.2) is 5.65 Å². The van der Waals surface area contributed by atoms with E-state index in [9.17, 15) is 13.2 Å². The standard InChI is InChI=1S/C17H16F3N3S.C3H8.C2H6/c1-3-23-15(12-7-5-6-8-14(12)24-4-2)22-13-9-11(17(18,19)20)10-21-16(13)23;1-3-2;1-2/h5-10H,3-4H2,1-2H3;3H2,1-2H3;1-2H3. The molecule has 0 atom stereocenters. The van der Waals surface area contributed by atoms with E-state index in [1.54, 1.807) is 11.8 Å². The van der Waals surface area contributed by atoms with Crippen LogP contribution < -0.4 is 0 Å². The number of hydrogen-bond donors (Lipinski definition) is 0. The topological polar surface area (TPSA) is 30.7 Å². The van der Waals surface area contributed by atoms with E-state index in [0.29, 0.717) is 18.0 Å². The summed E-state index contributed by atoms with van der Waals surface area (Å²) in [7, 11) is 0. The van der Waals surface area contributed by atoms with Crippen molar-refractivity contribution in [3.63, 3.8) is 0 Å². The number of halogens is 3. The summed E-state index contributed by atoms with van der Waals surface area (Å²) in [6, 6.07) is 8.85. The number of aromatic nitrogens is 3. The Morgan fingerprint density at radius 2 is 1.66 bits per heavy atom. The largest absolute Gasteiger partial charge is 0.417 e. The second kappa shape index (κ2) is 11.9. The van der Waals surface area contributed by atoms with Gasteiger partial charge in [-0.15, -0.1) is 11.8 Å². The van der Waals surface area contributed by atoms with E-state index < -0.39 is 11.7 Å². The molecule has 0 saturated carbocycles. The minimum Gasteiger partial charge on any atom is -0.309 e. The van der Waals surface area contributed by atoms with Crippen LogP contribution in [-0.4, -0.2) is 20.3 Å². The van der Waals surface area contributed by atoms with Crippen molar-refractivity contribution in [2.45, 2.75) is 65.6 Å². The number of alkyl halides is 3. The first-order valence-electron chi connectivity index (χ1n) is 10.0. The number of rotatable bonds is 4. The van der Waals surface area contributed by atoms with Crippen molar-refractivity contribution in [3.05, 3.63) is 42.1 Å². The molecule has 0 radical (unpaired) electrons. The van der Waals surface area contributed by atoms with Gasteiger partial charge in [0, 0.05) is 23.2 Å². The van der Waals surface area contributed by atoms with E-state index in [2.05, 4.69) is 30.7 Å². The first kappa shape index (κ1) is 25.0. The molecule has 2 aromatic heterocycles. The molecule has 0 saturated heterocycles. The fraction of sp³-hybridized carbons (Fsp3) is 0.455. The molecule has 0 unspecified atom stereocenters. The molecule has 7 heteroatoms. The summed E-state index contributed by atoms with van der Waals surface area (Å²) >= 11 is 1.68. The van der Waals surface area contributed by atoms with Crippen LogP contribution >= 0.6 is 11.8 Å². The van der Waals surface area contributed by atoms with Crippen molar-refractivity contribution < 1.29 is 13.2 Å². The van der Waals surface area contributed by atoms with Crippen molar-refractivity contribution in [1.29, 1.82) is 0 Å². The zero-order valence-corrected chi connectivity index (χ0v) is 18.8. The molecular formula is C22H30F3N3S. The van der Waals surface area contributed by atoms with Crippen molar-refractivity contribution in [2.75, 3.05) is 5.75 Å². The van der Waals surface area contributed by atoms with E-state index >= 15 is 0 Å². The van der Waals surface area contributed by atoms with Gasteiger partial charge in [-0.1, -0.05) is 59.2 Å². The fourth-order valence-electron chi connectivity index (χ4n) is 2.60. The molecule has 1 aromatic carbocycles. The van der Waals surface area contributed by atoms with Crippen LogP contribution in [0, 0.1) is 0 Å². The minimum atomic E-state index is -4.42. The first-order chi connectivity index (χ1) is 13.9. The van der Waals surface area contributed by atoms with Gasteiger partial charge in [-0.05, 0) is 24.8 Å². The van der Waals surface area contributed by atoms with Crippen LogP contribution in [0.2, 0.25) is 0 Å². The summed E-state index contributed by atoms with van der Waals surface area (Å²) in [5.74, 6) is 1.55. The predicted octanol–water partition coefficient (Wildman–Crippen LogP) is 7.69. The Morgan fingerprint density at radius 1 is 1.03 bits per heavy atom. The predicted molar refractivity (Wildman–Crippen MR) is 117 cm³/mol. The van der Waals surface area contributed by atoms with Gasteiger partial charge in [0.1, 0.15) is 11.3 Å². The van der Waals surface area contributed by atoms with E-state index in [-0.39, 0.29) is 5.52 Å². The van der Waals surface area contributed by atoms with Crippen LogP contribution in [0.15, 0.2) is 41.4 Å². The van der Waals surface area contributed by atoms with Gasteiger partial charge in [-0.2, -0.15) is 13.2 Å². The molecule has 3 nitrogen and oxygen atoms in total. The van der Waals surface area contributed by atoms with Gasteiger partial charge >= 0.3 is 6.18 Å². The Balaban J connectivity index is 0.000000771. The molecule has 3 rings (SSSR count). The normalized spacial score (nSPS) is 10.8. The number of benzene rings is 1. The highest BCUT2D eigenvalue weighted by molar-refractivity contribution is 7.99. The van der Waals surface area contributed by atoms with E-state index in [1.807, 2.05) is 49.6 Å². The highest BCUT2D eigenvalue weighted by Crippen LogP contribution is 2.34. The van der Waals surface area contributed by atoms with Gasteiger partial charge < -0.3 is 4.57 Å². The number of aryl methyl sites for hydroxylation is 1. The quantitative estimate of drug-likeness (QED) is 0.401. The third kappa shape index (κ3) is 6.23. The third-order valence-electron chi connectivity index (χ3n) is 3.66. The van der Waals surface area contributed by atoms with Crippen LogP contribution in [0.3, 0.4) is 0 Å². The Morgan fingerprint density at radius 3 is 2.21 bits per heavy atom. The van der Waals surface area contributed by atoms with Gasteiger partial charge in [-0.25, -0.2) is 9.97 Å². The third-order valence-corrected chi connectivity index (χ3v) is 4.61. The monoisotopic (exact) mass is 425 g/mol. The second-order valence-electron chi connectivity index (χ2n) is 5.88. The van der Waals surface area contributed by atoms with Crippen LogP contribution in [0.1, 0.15) is 53.5 Å². The highest BCUT2D eigenvalue weighted by atomic mass is 32.2. The summed E-state index contributed by atoms with van der Waals surface area (Å²) < 4.78 is 40.6. The summed E-state index contributed by atoms with van der Waals surface area (Å²) in [4.78, 5) is 9.53. The van der Waals surface area contributed by atoms with Crippen LogP contribution in [-0.2, 0) is 12.7 Å². The van der Waals surface area contributed by atoms with Crippen molar-refractivity contribution in [1.82, 2.24) is 14.5 Å². The highest BCUT2D eigenvalue weighted by Gasteiger charge is 2.32. The summed E-state index contributed by atoms with van der Waals surface area (Å²) in [6.45, 7) is 12.8. The van der Waals surface area contributed by atoms with E-state index in [1.165, 1.54) is 6.42 Å². The van der Waals surface area contributed by atoms with Gasteiger partial charge in [0.2, 0.25) is 0 Å². The lowest BCUT2D eigenvalue weighted by molar-refractivity contribution is -0.137. The molecule has 0 fully saturated rings. The van der Waals surface area contributed by atoms with Crippen molar-refractivity contribution in [3.8, 4) is 11.4 Å². The lowest BCUT2D eigenvalue weighted by atomic mass is 10.2. The van der Waals surface area contributed by atoms with Gasteiger partial charge in [0.05, 0.1) is 5.56 Å². The second-order valence-corrected chi connectivity index (χ2v) is 7.19. The van der Waals surface area contributed by atoms with Gasteiger partial charge in [-0.3, -0.25) is 0 Å². The number of hydrogen-bond acceptors (Lipinski definition) is 3. The molecule has 3 aromatic rings. The smallest absolute Gasteiger partial charge is 0.309 e. The number of nitrogens with zero attached hydrogens (tertiary/aromatic N) is 3. The van der Waals surface area contributed by atoms with Crippen molar-refractivity contribution >= 4 is 22.9 Å². The molecule has 0 N–H and O–H groups in total. The number of imidazole rings is 1. The molecule has 0 amide bonds. The lowest BCUT2D eigenvalue weighted by Crippen LogP contribution is -2.06. The van der Waals surface area contributed by atoms with Crippen molar-refractivity contribution in [2.24, 2.45) is 0 Å². The average Bonchev–Trinajstić information content (AvgIpc) is 3.08. The molecule has 0 bridgehead atoms. The zero-order chi connectivity index (χ0) is 22.0. The van der Waals surface area contributed by atoms with Crippen LogP contribution in [0.5, 0.6) is 0 Å². The van der Waals surface area contributed by atoms with Gasteiger partial charge in [0.25, 0.3) is 0 Å². The average molecular weight is 426 g/mol. The molecule has 0 aliphatic heterocycles. The summed E-state index contributed by atoms with van der Waals surface area (Å²) in [5, 5.41) is 0. The zero-order valence-electron chi connectivity index (χ0n) is 18.0. The minimum absolute atomic E-state index is 0.262.